The Labute approximate surface area is 122 Å². The SMILES string of the molecule is CCCNC1CCCc2c(OCC(O)CC)cccc21. The van der Waals surface area contributed by atoms with Crippen molar-refractivity contribution >= 4 is 0 Å². The fourth-order valence-electron chi connectivity index (χ4n) is 2.78. The number of hydrogen-bond acceptors (Lipinski definition) is 3. The third-order valence-corrected chi connectivity index (χ3v) is 4.01. The van der Waals surface area contributed by atoms with Crippen molar-refractivity contribution in [2.75, 3.05) is 13.2 Å². The summed E-state index contributed by atoms with van der Waals surface area (Å²) in [5.41, 5.74) is 2.71. The van der Waals surface area contributed by atoms with Gasteiger partial charge in [0.05, 0.1) is 6.10 Å². The van der Waals surface area contributed by atoms with Crippen molar-refractivity contribution < 1.29 is 9.84 Å². The molecule has 2 unspecified atom stereocenters. The molecule has 0 spiro atoms. The van der Waals surface area contributed by atoms with Gasteiger partial charge in [0.25, 0.3) is 0 Å². The minimum atomic E-state index is -0.372. The van der Waals surface area contributed by atoms with Crippen molar-refractivity contribution in [1.82, 2.24) is 5.32 Å². The Balaban J connectivity index is 2.11. The van der Waals surface area contributed by atoms with Crippen molar-refractivity contribution in [2.45, 2.75) is 58.1 Å². The van der Waals surface area contributed by atoms with Crippen LogP contribution in [0.1, 0.15) is 56.7 Å². The van der Waals surface area contributed by atoms with Crippen molar-refractivity contribution in [3.05, 3.63) is 29.3 Å². The molecule has 1 aliphatic rings. The molecule has 0 aliphatic heterocycles. The van der Waals surface area contributed by atoms with E-state index in [2.05, 4.69) is 24.4 Å². The average Bonchev–Trinajstić information content (AvgIpc) is 2.50. The van der Waals surface area contributed by atoms with Crippen molar-refractivity contribution in [3.8, 4) is 5.75 Å². The van der Waals surface area contributed by atoms with Gasteiger partial charge in [-0.2, -0.15) is 0 Å². The predicted octanol–water partition coefficient (Wildman–Crippen LogP) is 3.21. The van der Waals surface area contributed by atoms with E-state index in [1.165, 1.54) is 24.0 Å². The zero-order valence-corrected chi connectivity index (χ0v) is 12.7. The van der Waals surface area contributed by atoms with E-state index in [4.69, 9.17) is 4.74 Å². The number of fused-ring (bicyclic) bond motifs is 1. The molecule has 0 fully saturated rings. The number of benzene rings is 1. The molecule has 1 aromatic rings. The molecule has 20 heavy (non-hydrogen) atoms. The lowest BCUT2D eigenvalue weighted by atomic mass is 9.87. The van der Waals surface area contributed by atoms with E-state index in [0.717, 1.165) is 31.6 Å². The number of hydrogen-bond donors (Lipinski definition) is 2. The maximum absolute atomic E-state index is 9.65. The summed E-state index contributed by atoms with van der Waals surface area (Å²) in [6.07, 6.45) is 5.00. The van der Waals surface area contributed by atoms with Crippen LogP contribution in [-0.2, 0) is 6.42 Å². The second kappa shape index (κ2) is 7.65. The first-order chi connectivity index (χ1) is 9.76. The highest BCUT2D eigenvalue weighted by Gasteiger charge is 2.22. The topological polar surface area (TPSA) is 41.5 Å². The molecule has 0 bridgehead atoms. The zero-order valence-electron chi connectivity index (χ0n) is 12.7. The van der Waals surface area contributed by atoms with Crippen molar-refractivity contribution in [2.24, 2.45) is 0 Å². The summed E-state index contributed by atoms with van der Waals surface area (Å²) in [6, 6.07) is 6.77. The highest BCUT2D eigenvalue weighted by atomic mass is 16.5. The number of aliphatic hydroxyl groups is 1. The van der Waals surface area contributed by atoms with Gasteiger partial charge >= 0.3 is 0 Å². The predicted molar refractivity (Wildman–Crippen MR) is 82.2 cm³/mol. The van der Waals surface area contributed by atoms with E-state index in [9.17, 15) is 5.11 Å². The summed E-state index contributed by atoms with van der Waals surface area (Å²) in [6.45, 7) is 5.62. The van der Waals surface area contributed by atoms with Crippen LogP contribution in [0.5, 0.6) is 5.75 Å². The van der Waals surface area contributed by atoms with E-state index in [-0.39, 0.29) is 6.10 Å². The second-order valence-corrected chi connectivity index (χ2v) is 5.60. The summed E-state index contributed by atoms with van der Waals surface area (Å²) in [7, 11) is 0. The minimum absolute atomic E-state index is 0.372. The lowest BCUT2D eigenvalue weighted by Crippen LogP contribution is -2.26. The summed E-state index contributed by atoms with van der Waals surface area (Å²) >= 11 is 0. The zero-order chi connectivity index (χ0) is 14.4. The lowest BCUT2D eigenvalue weighted by molar-refractivity contribution is 0.103. The largest absolute Gasteiger partial charge is 0.491 e. The van der Waals surface area contributed by atoms with E-state index < -0.39 is 0 Å². The molecule has 0 heterocycles. The van der Waals surface area contributed by atoms with Gasteiger partial charge in [-0.3, -0.25) is 0 Å². The average molecular weight is 277 g/mol. The summed E-state index contributed by atoms with van der Waals surface area (Å²) in [4.78, 5) is 0. The Bertz CT molecular complexity index is 419. The fraction of sp³-hybridized carbons (Fsp3) is 0.647. The number of rotatable bonds is 7. The Hall–Kier alpha value is -1.06. The Kier molecular flexibility index (Phi) is 5.86. The molecule has 0 aromatic heterocycles. The lowest BCUT2D eigenvalue weighted by Gasteiger charge is -2.28. The molecule has 1 aliphatic carbocycles. The molecule has 3 nitrogen and oxygen atoms in total. The van der Waals surface area contributed by atoms with Crippen LogP contribution in [0.2, 0.25) is 0 Å². The van der Waals surface area contributed by atoms with Crippen LogP contribution >= 0.6 is 0 Å². The summed E-state index contributed by atoms with van der Waals surface area (Å²) in [5.74, 6) is 0.956. The third-order valence-electron chi connectivity index (χ3n) is 4.01. The van der Waals surface area contributed by atoms with Gasteiger partial charge in [0.15, 0.2) is 0 Å². The van der Waals surface area contributed by atoms with Gasteiger partial charge in [-0.05, 0) is 55.8 Å². The van der Waals surface area contributed by atoms with E-state index in [1.807, 2.05) is 13.0 Å². The van der Waals surface area contributed by atoms with Crippen LogP contribution in [-0.4, -0.2) is 24.4 Å². The van der Waals surface area contributed by atoms with Crippen LogP contribution in [0.4, 0.5) is 0 Å². The highest BCUT2D eigenvalue weighted by molar-refractivity contribution is 5.43. The first kappa shape index (κ1) is 15.3. The van der Waals surface area contributed by atoms with E-state index in [0.29, 0.717) is 12.6 Å². The maximum atomic E-state index is 9.65. The maximum Gasteiger partial charge on any atom is 0.122 e. The molecule has 112 valence electrons. The summed E-state index contributed by atoms with van der Waals surface area (Å²) in [5, 5.41) is 13.3. The summed E-state index contributed by atoms with van der Waals surface area (Å²) < 4.78 is 5.83. The van der Waals surface area contributed by atoms with Crippen molar-refractivity contribution in [3.63, 3.8) is 0 Å². The van der Waals surface area contributed by atoms with E-state index >= 15 is 0 Å². The molecule has 2 N–H and O–H groups in total. The molecule has 2 atom stereocenters. The third kappa shape index (κ3) is 3.74. The Morgan fingerprint density at radius 3 is 3.00 bits per heavy atom. The number of ether oxygens (including phenoxy) is 1. The molecule has 0 amide bonds. The first-order valence-corrected chi connectivity index (χ1v) is 7.92. The number of nitrogens with one attached hydrogen (secondary N) is 1. The van der Waals surface area contributed by atoms with Crippen LogP contribution in [0.25, 0.3) is 0 Å². The van der Waals surface area contributed by atoms with Crippen LogP contribution < -0.4 is 10.1 Å². The fourth-order valence-corrected chi connectivity index (χ4v) is 2.78. The standard InChI is InChI=1S/C17H27NO2/c1-3-11-18-16-9-5-8-15-14(16)7-6-10-17(15)20-12-13(19)4-2/h6-7,10,13,16,18-19H,3-5,8-9,11-12H2,1-2H3. The Morgan fingerprint density at radius 1 is 1.40 bits per heavy atom. The smallest absolute Gasteiger partial charge is 0.122 e. The normalized spacial score (nSPS) is 19.4. The van der Waals surface area contributed by atoms with Crippen LogP contribution in [0.3, 0.4) is 0 Å². The molecule has 2 rings (SSSR count). The van der Waals surface area contributed by atoms with Gasteiger partial charge in [0.1, 0.15) is 12.4 Å². The van der Waals surface area contributed by atoms with E-state index in [1.54, 1.807) is 0 Å². The van der Waals surface area contributed by atoms with Gasteiger partial charge in [0, 0.05) is 6.04 Å². The van der Waals surface area contributed by atoms with Gasteiger partial charge < -0.3 is 15.2 Å². The van der Waals surface area contributed by atoms with Crippen LogP contribution in [0.15, 0.2) is 18.2 Å². The minimum Gasteiger partial charge on any atom is -0.491 e. The van der Waals surface area contributed by atoms with Crippen molar-refractivity contribution in [1.29, 1.82) is 0 Å². The molecule has 1 aromatic carbocycles. The highest BCUT2D eigenvalue weighted by Crippen LogP contribution is 2.35. The molecular weight excluding hydrogens is 250 g/mol. The second-order valence-electron chi connectivity index (χ2n) is 5.60. The molecule has 0 saturated heterocycles. The van der Waals surface area contributed by atoms with Crippen LogP contribution in [0, 0.1) is 0 Å². The molecule has 3 heteroatoms. The molecule has 0 saturated carbocycles. The monoisotopic (exact) mass is 277 g/mol. The first-order valence-electron chi connectivity index (χ1n) is 7.92. The quantitative estimate of drug-likeness (QED) is 0.804. The van der Waals surface area contributed by atoms with Gasteiger partial charge in [-0.1, -0.05) is 26.0 Å². The van der Waals surface area contributed by atoms with Gasteiger partial charge in [0.2, 0.25) is 0 Å². The number of aliphatic hydroxyl groups excluding tert-OH is 1. The van der Waals surface area contributed by atoms with Gasteiger partial charge in [-0.15, -0.1) is 0 Å². The molecular formula is C17H27NO2. The van der Waals surface area contributed by atoms with Gasteiger partial charge in [-0.25, -0.2) is 0 Å². The Morgan fingerprint density at radius 2 is 2.25 bits per heavy atom. The molecule has 0 radical (unpaired) electrons.